The third-order valence-corrected chi connectivity index (χ3v) is 4.17. The Bertz CT molecular complexity index is 497. The van der Waals surface area contributed by atoms with Gasteiger partial charge in [-0.05, 0) is 18.2 Å². The molecule has 0 aromatic heterocycles. The smallest absolute Gasteiger partial charge is 0.317 e. The van der Waals surface area contributed by atoms with E-state index in [2.05, 4.69) is 5.32 Å². The summed E-state index contributed by atoms with van der Waals surface area (Å²) in [5, 5.41) is 4.28. The molecule has 2 amide bonds. The predicted octanol–water partition coefficient (Wildman–Crippen LogP) is 2.63. The first-order valence-electron chi connectivity index (χ1n) is 5.91. The summed E-state index contributed by atoms with van der Waals surface area (Å²) in [6, 6.07) is 5.61. The van der Waals surface area contributed by atoms with Gasteiger partial charge in [-0.3, -0.25) is 4.90 Å². The van der Waals surface area contributed by atoms with Crippen LogP contribution in [0.5, 0.6) is 0 Å². The number of hydrogen-bond donors (Lipinski definition) is 1. The van der Waals surface area contributed by atoms with Crippen molar-refractivity contribution in [3.8, 4) is 0 Å². The Hall–Kier alpha value is -0.680. The molecule has 2 heterocycles. The first kappa shape index (κ1) is 14.7. The lowest BCUT2D eigenvalue weighted by atomic mass is 10.2. The number of hydrogen-bond acceptors (Lipinski definition) is 2. The van der Waals surface area contributed by atoms with Crippen LogP contribution < -0.4 is 10.2 Å². The van der Waals surface area contributed by atoms with Crippen LogP contribution in [0, 0.1) is 0 Å². The van der Waals surface area contributed by atoms with Gasteiger partial charge in [0.05, 0.1) is 16.1 Å². The first-order chi connectivity index (χ1) is 8.66. The fourth-order valence-corrected chi connectivity index (χ4v) is 2.78. The van der Waals surface area contributed by atoms with Gasteiger partial charge in [0.1, 0.15) is 0 Å². The van der Waals surface area contributed by atoms with Crippen molar-refractivity contribution in [3.63, 3.8) is 0 Å². The topological polar surface area (TPSA) is 35.6 Å². The molecule has 1 unspecified atom stereocenters. The summed E-state index contributed by atoms with van der Waals surface area (Å²) in [4.78, 5) is 16.0. The van der Waals surface area contributed by atoms with E-state index in [4.69, 9.17) is 23.2 Å². The van der Waals surface area contributed by atoms with Crippen LogP contribution in [0.2, 0.25) is 10.0 Å². The Labute approximate surface area is 128 Å². The van der Waals surface area contributed by atoms with Gasteiger partial charge < -0.3 is 10.2 Å². The highest BCUT2D eigenvalue weighted by molar-refractivity contribution is 6.42. The van der Waals surface area contributed by atoms with E-state index in [0.29, 0.717) is 16.6 Å². The van der Waals surface area contributed by atoms with Crippen molar-refractivity contribution in [1.29, 1.82) is 0 Å². The molecule has 0 spiro atoms. The highest BCUT2D eigenvalue weighted by Gasteiger charge is 2.39. The number of nitrogens with one attached hydrogen (secondary N) is 1. The van der Waals surface area contributed by atoms with Crippen LogP contribution in [0.4, 0.5) is 10.5 Å². The Morgan fingerprint density at radius 3 is 2.74 bits per heavy atom. The minimum atomic E-state index is 0. The van der Waals surface area contributed by atoms with Crippen molar-refractivity contribution in [2.24, 2.45) is 0 Å². The molecule has 1 aromatic carbocycles. The van der Waals surface area contributed by atoms with Gasteiger partial charge in [0.2, 0.25) is 0 Å². The van der Waals surface area contributed by atoms with Crippen molar-refractivity contribution in [2.45, 2.75) is 6.04 Å². The SMILES string of the molecule is Cl.O=C1N(c2ccc(Cl)c(Cl)c2)CC2CNCCN12. The molecule has 4 nitrogen and oxygen atoms in total. The Morgan fingerprint density at radius 1 is 1.26 bits per heavy atom. The lowest BCUT2D eigenvalue weighted by Crippen LogP contribution is -2.49. The summed E-state index contributed by atoms with van der Waals surface area (Å²) < 4.78 is 0. The lowest BCUT2D eigenvalue weighted by molar-refractivity contribution is 0.193. The fraction of sp³-hybridized carbons (Fsp3) is 0.417. The molecule has 1 N–H and O–H groups in total. The summed E-state index contributed by atoms with van der Waals surface area (Å²) in [6.07, 6.45) is 0. The van der Waals surface area contributed by atoms with Gasteiger partial charge in [-0.2, -0.15) is 0 Å². The Morgan fingerprint density at radius 2 is 2.05 bits per heavy atom. The predicted molar refractivity (Wildman–Crippen MR) is 79.8 cm³/mol. The van der Waals surface area contributed by atoms with E-state index >= 15 is 0 Å². The molecule has 104 valence electrons. The Kier molecular flexibility index (Phi) is 4.46. The number of carbonyl (C=O) groups is 1. The molecule has 0 saturated carbocycles. The highest BCUT2D eigenvalue weighted by Crippen LogP contribution is 2.30. The van der Waals surface area contributed by atoms with Gasteiger partial charge in [-0.25, -0.2) is 4.79 Å². The number of anilines is 1. The van der Waals surface area contributed by atoms with E-state index in [1.54, 1.807) is 17.0 Å². The molecule has 0 radical (unpaired) electrons. The van der Waals surface area contributed by atoms with Crippen LogP contribution in [-0.4, -0.2) is 43.2 Å². The van der Waals surface area contributed by atoms with Crippen LogP contribution in [0.15, 0.2) is 18.2 Å². The van der Waals surface area contributed by atoms with Crippen molar-refractivity contribution < 1.29 is 4.79 Å². The monoisotopic (exact) mass is 321 g/mol. The zero-order valence-corrected chi connectivity index (χ0v) is 12.4. The van der Waals surface area contributed by atoms with Gasteiger partial charge >= 0.3 is 6.03 Å². The van der Waals surface area contributed by atoms with Crippen LogP contribution in [0.25, 0.3) is 0 Å². The number of amides is 2. The van der Waals surface area contributed by atoms with Crippen molar-refractivity contribution in [2.75, 3.05) is 31.1 Å². The summed E-state index contributed by atoms with van der Waals surface area (Å²) in [5.74, 6) is 0. The standard InChI is InChI=1S/C12H13Cl2N3O.ClH/c13-10-2-1-8(5-11(10)14)17-7-9-6-15-3-4-16(9)12(17)18;/h1-2,5,9,15H,3-4,6-7H2;1H. The third-order valence-electron chi connectivity index (χ3n) is 3.44. The van der Waals surface area contributed by atoms with Crippen LogP contribution in [0.3, 0.4) is 0 Å². The number of nitrogens with zero attached hydrogens (tertiary/aromatic N) is 2. The molecule has 0 bridgehead atoms. The van der Waals surface area contributed by atoms with Gasteiger partial charge in [-0.15, -0.1) is 12.4 Å². The van der Waals surface area contributed by atoms with E-state index in [0.717, 1.165) is 25.3 Å². The third kappa shape index (κ3) is 2.63. The number of benzene rings is 1. The number of piperazine rings is 1. The molecule has 1 aromatic rings. The molecule has 0 aliphatic carbocycles. The number of urea groups is 1. The average molecular weight is 323 g/mol. The normalized spacial score (nSPS) is 22.2. The van der Waals surface area contributed by atoms with Gasteiger partial charge in [0.25, 0.3) is 0 Å². The van der Waals surface area contributed by atoms with Crippen LogP contribution in [-0.2, 0) is 0 Å². The second-order valence-corrected chi connectivity index (χ2v) is 5.36. The lowest BCUT2D eigenvalue weighted by Gasteiger charge is -2.28. The summed E-state index contributed by atoms with van der Waals surface area (Å²) in [5.41, 5.74) is 0.809. The number of rotatable bonds is 1. The highest BCUT2D eigenvalue weighted by atomic mass is 35.5. The summed E-state index contributed by atoms with van der Waals surface area (Å²) in [6.45, 7) is 3.17. The van der Waals surface area contributed by atoms with Crippen molar-refractivity contribution in [1.82, 2.24) is 10.2 Å². The Balaban J connectivity index is 0.00000133. The molecular formula is C12H14Cl3N3O. The quantitative estimate of drug-likeness (QED) is 0.863. The second-order valence-electron chi connectivity index (χ2n) is 4.54. The van der Waals surface area contributed by atoms with Crippen molar-refractivity contribution in [3.05, 3.63) is 28.2 Å². The largest absolute Gasteiger partial charge is 0.324 e. The van der Waals surface area contributed by atoms with Crippen LogP contribution >= 0.6 is 35.6 Å². The van der Waals surface area contributed by atoms with Gasteiger partial charge in [0.15, 0.2) is 0 Å². The molecule has 1 atom stereocenters. The van der Waals surface area contributed by atoms with E-state index in [9.17, 15) is 4.79 Å². The number of carbonyl (C=O) groups excluding carboxylic acids is 1. The minimum absolute atomic E-state index is 0. The zero-order chi connectivity index (χ0) is 12.7. The molecule has 2 aliphatic heterocycles. The van der Waals surface area contributed by atoms with Crippen molar-refractivity contribution >= 4 is 47.3 Å². The van der Waals surface area contributed by atoms with E-state index in [1.165, 1.54) is 0 Å². The summed E-state index contributed by atoms with van der Waals surface area (Å²) >= 11 is 11.9. The van der Waals surface area contributed by atoms with Crippen LogP contribution in [0.1, 0.15) is 0 Å². The minimum Gasteiger partial charge on any atom is -0.317 e. The molecule has 2 fully saturated rings. The van der Waals surface area contributed by atoms with Gasteiger partial charge in [-0.1, -0.05) is 23.2 Å². The maximum absolute atomic E-state index is 12.3. The summed E-state index contributed by atoms with van der Waals surface area (Å²) in [7, 11) is 0. The number of halogens is 3. The maximum atomic E-state index is 12.3. The van der Waals surface area contributed by atoms with E-state index in [-0.39, 0.29) is 24.5 Å². The fourth-order valence-electron chi connectivity index (χ4n) is 2.49. The zero-order valence-electron chi connectivity index (χ0n) is 10.1. The number of fused-ring (bicyclic) bond motifs is 1. The molecule has 19 heavy (non-hydrogen) atoms. The maximum Gasteiger partial charge on any atom is 0.324 e. The second kappa shape index (κ2) is 5.75. The molecule has 7 heteroatoms. The van der Waals surface area contributed by atoms with E-state index in [1.807, 2.05) is 11.0 Å². The molecule has 2 saturated heterocycles. The van der Waals surface area contributed by atoms with Gasteiger partial charge in [0, 0.05) is 31.9 Å². The van der Waals surface area contributed by atoms with E-state index < -0.39 is 0 Å². The molecule has 2 aliphatic rings. The molecule has 3 rings (SSSR count). The average Bonchev–Trinajstić information content (AvgIpc) is 2.71. The molecular weight excluding hydrogens is 309 g/mol. The first-order valence-corrected chi connectivity index (χ1v) is 6.66.